The average Bonchev–Trinajstić information content (AvgIpc) is 2.51. The van der Waals surface area contributed by atoms with Gasteiger partial charge in [-0.2, -0.15) is 0 Å². The third-order valence-electron chi connectivity index (χ3n) is 3.83. The molecule has 0 fully saturated rings. The van der Waals surface area contributed by atoms with Gasteiger partial charge < -0.3 is 14.9 Å². The van der Waals surface area contributed by atoms with E-state index in [9.17, 15) is 9.59 Å². The largest absolute Gasteiger partial charge is 0.479 e. The van der Waals surface area contributed by atoms with E-state index < -0.39 is 17.5 Å². The van der Waals surface area contributed by atoms with Gasteiger partial charge in [-0.15, -0.1) is 11.8 Å². The van der Waals surface area contributed by atoms with Crippen LogP contribution in [0.2, 0.25) is 0 Å². The third-order valence-corrected chi connectivity index (χ3v) is 3.83. The summed E-state index contributed by atoms with van der Waals surface area (Å²) in [6.45, 7) is 3.10. The van der Waals surface area contributed by atoms with E-state index in [0.717, 1.165) is 32.6 Å². The van der Waals surface area contributed by atoms with Gasteiger partial charge in [-0.1, -0.05) is 44.9 Å². The summed E-state index contributed by atoms with van der Waals surface area (Å²) >= 11 is 0. The number of carboxylic acid groups (broad SMARTS) is 2. The van der Waals surface area contributed by atoms with Crippen molar-refractivity contribution in [2.45, 2.75) is 83.7 Å². The summed E-state index contributed by atoms with van der Waals surface area (Å²) < 4.78 is 5.03. The molecule has 2 N–H and O–H groups in total. The molecule has 23 heavy (non-hydrogen) atoms. The Labute approximate surface area is 139 Å². The molecule has 0 radical (unpaired) electrons. The van der Waals surface area contributed by atoms with Crippen LogP contribution in [0.15, 0.2) is 0 Å². The van der Waals surface area contributed by atoms with Crippen LogP contribution in [0.4, 0.5) is 0 Å². The molecule has 0 unspecified atom stereocenters. The zero-order valence-electron chi connectivity index (χ0n) is 14.4. The number of aliphatic carboxylic acids is 2. The fourth-order valence-corrected chi connectivity index (χ4v) is 2.17. The first-order valence-corrected chi connectivity index (χ1v) is 8.45. The normalized spacial score (nSPS) is 10.9. The van der Waals surface area contributed by atoms with Gasteiger partial charge in [0, 0.05) is 13.0 Å². The SMILES string of the molecule is CC#CCCCCCCCCCCCOC(C)(C(=O)O)C(=O)O. The highest BCUT2D eigenvalue weighted by molar-refractivity contribution is 6.01. The van der Waals surface area contributed by atoms with Gasteiger partial charge in [0.25, 0.3) is 5.60 Å². The first kappa shape index (κ1) is 21.5. The number of ether oxygens (including phenoxy) is 1. The van der Waals surface area contributed by atoms with E-state index in [4.69, 9.17) is 14.9 Å². The molecule has 0 aliphatic carbocycles. The topological polar surface area (TPSA) is 83.8 Å². The predicted octanol–water partition coefficient (Wildman–Crippen LogP) is 3.86. The van der Waals surface area contributed by atoms with Crippen LogP contribution in [0.1, 0.15) is 78.1 Å². The van der Waals surface area contributed by atoms with Gasteiger partial charge in [0.1, 0.15) is 0 Å². The third kappa shape index (κ3) is 9.96. The summed E-state index contributed by atoms with van der Waals surface area (Å²) in [7, 11) is 0. The van der Waals surface area contributed by atoms with Gasteiger partial charge in [0.05, 0.1) is 0 Å². The highest BCUT2D eigenvalue weighted by atomic mass is 16.5. The second kappa shape index (κ2) is 13.0. The maximum atomic E-state index is 10.9. The Balaban J connectivity index is 3.47. The van der Waals surface area contributed by atoms with Crippen molar-refractivity contribution in [2.75, 3.05) is 6.61 Å². The lowest BCUT2D eigenvalue weighted by Gasteiger charge is -2.20. The Morgan fingerprint density at radius 3 is 1.74 bits per heavy atom. The number of rotatable bonds is 14. The Kier molecular flexibility index (Phi) is 12.1. The van der Waals surface area contributed by atoms with Crippen LogP contribution in [0.5, 0.6) is 0 Å². The molecule has 132 valence electrons. The van der Waals surface area contributed by atoms with Gasteiger partial charge in [0.2, 0.25) is 0 Å². The van der Waals surface area contributed by atoms with E-state index in [-0.39, 0.29) is 6.61 Å². The molecule has 0 bridgehead atoms. The minimum Gasteiger partial charge on any atom is -0.479 e. The summed E-state index contributed by atoms with van der Waals surface area (Å²) in [5.41, 5.74) is -2.14. The van der Waals surface area contributed by atoms with Crippen LogP contribution in [0.3, 0.4) is 0 Å². The first-order valence-electron chi connectivity index (χ1n) is 8.45. The summed E-state index contributed by atoms with van der Waals surface area (Å²) in [5, 5.41) is 17.8. The van der Waals surface area contributed by atoms with Crippen molar-refractivity contribution in [1.82, 2.24) is 0 Å². The molecule has 0 saturated heterocycles. The van der Waals surface area contributed by atoms with Gasteiger partial charge in [0.15, 0.2) is 0 Å². The van der Waals surface area contributed by atoms with Crippen molar-refractivity contribution < 1.29 is 24.5 Å². The smallest absolute Gasteiger partial charge is 0.347 e. The maximum Gasteiger partial charge on any atom is 0.347 e. The summed E-state index contributed by atoms with van der Waals surface area (Å²) in [5.74, 6) is 3.04. The zero-order chi connectivity index (χ0) is 17.6. The highest BCUT2D eigenvalue weighted by Crippen LogP contribution is 2.14. The molecule has 0 atom stereocenters. The lowest BCUT2D eigenvalue weighted by atomic mass is 10.1. The van der Waals surface area contributed by atoms with Crippen LogP contribution in [-0.4, -0.2) is 34.4 Å². The van der Waals surface area contributed by atoms with Crippen molar-refractivity contribution in [3.05, 3.63) is 0 Å². The molecule has 5 nitrogen and oxygen atoms in total. The van der Waals surface area contributed by atoms with E-state index in [1.165, 1.54) is 32.1 Å². The predicted molar refractivity (Wildman–Crippen MR) is 89.2 cm³/mol. The monoisotopic (exact) mass is 326 g/mol. The molecule has 0 rings (SSSR count). The maximum absolute atomic E-state index is 10.9. The molecule has 0 aliphatic heterocycles. The van der Waals surface area contributed by atoms with E-state index in [0.29, 0.717) is 6.42 Å². The Morgan fingerprint density at radius 1 is 0.870 bits per heavy atom. The van der Waals surface area contributed by atoms with Crippen LogP contribution in [0.25, 0.3) is 0 Å². The molecule has 0 heterocycles. The molecular formula is C18H30O5. The van der Waals surface area contributed by atoms with Crippen LogP contribution in [-0.2, 0) is 14.3 Å². The van der Waals surface area contributed by atoms with Gasteiger partial charge in [-0.25, -0.2) is 9.59 Å². The highest BCUT2D eigenvalue weighted by Gasteiger charge is 2.42. The quantitative estimate of drug-likeness (QED) is 0.288. The Morgan fingerprint density at radius 2 is 1.30 bits per heavy atom. The lowest BCUT2D eigenvalue weighted by Crippen LogP contribution is -2.46. The molecular weight excluding hydrogens is 296 g/mol. The van der Waals surface area contributed by atoms with E-state index in [1.807, 2.05) is 6.92 Å². The Hall–Kier alpha value is -1.54. The average molecular weight is 326 g/mol. The minimum atomic E-state index is -2.14. The standard InChI is InChI=1S/C18H30O5/c1-3-4-5-6-7-8-9-10-11-12-13-14-15-23-18(2,16(19)20)17(21)22/h5-15H2,1-2H3,(H,19,20)(H,21,22). The second-order valence-electron chi connectivity index (χ2n) is 5.85. The lowest BCUT2D eigenvalue weighted by molar-refractivity contribution is -0.181. The second-order valence-corrected chi connectivity index (χ2v) is 5.85. The van der Waals surface area contributed by atoms with Crippen molar-refractivity contribution in [3.8, 4) is 11.8 Å². The molecule has 0 aliphatic rings. The van der Waals surface area contributed by atoms with Crippen molar-refractivity contribution in [2.24, 2.45) is 0 Å². The number of carboxylic acids is 2. The van der Waals surface area contributed by atoms with E-state index in [1.54, 1.807) is 0 Å². The van der Waals surface area contributed by atoms with E-state index in [2.05, 4.69) is 11.8 Å². The van der Waals surface area contributed by atoms with Crippen molar-refractivity contribution >= 4 is 11.9 Å². The van der Waals surface area contributed by atoms with Gasteiger partial charge in [-0.05, 0) is 26.7 Å². The van der Waals surface area contributed by atoms with Crippen LogP contribution >= 0.6 is 0 Å². The molecule has 0 aromatic heterocycles. The number of hydrogen-bond donors (Lipinski definition) is 2. The number of hydrogen-bond acceptors (Lipinski definition) is 3. The molecule has 0 amide bonds. The first-order chi connectivity index (χ1) is 10.9. The number of carbonyl (C=O) groups is 2. The number of unbranched alkanes of at least 4 members (excludes halogenated alkanes) is 9. The molecule has 0 saturated carbocycles. The van der Waals surface area contributed by atoms with Gasteiger partial charge >= 0.3 is 11.9 Å². The van der Waals surface area contributed by atoms with Crippen LogP contribution in [0, 0.1) is 11.8 Å². The minimum absolute atomic E-state index is 0.160. The molecule has 0 aromatic rings. The Bertz CT molecular complexity index is 391. The van der Waals surface area contributed by atoms with Crippen molar-refractivity contribution in [1.29, 1.82) is 0 Å². The fraction of sp³-hybridized carbons (Fsp3) is 0.778. The fourth-order valence-electron chi connectivity index (χ4n) is 2.17. The van der Waals surface area contributed by atoms with Crippen LogP contribution < -0.4 is 0 Å². The summed E-state index contributed by atoms with van der Waals surface area (Å²) in [6, 6.07) is 0. The molecule has 0 aromatic carbocycles. The van der Waals surface area contributed by atoms with Gasteiger partial charge in [-0.3, -0.25) is 0 Å². The zero-order valence-corrected chi connectivity index (χ0v) is 14.4. The molecule has 0 spiro atoms. The summed E-state index contributed by atoms with van der Waals surface area (Å²) in [4.78, 5) is 21.8. The molecule has 5 heteroatoms. The van der Waals surface area contributed by atoms with E-state index >= 15 is 0 Å². The van der Waals surface area contributed by atoms with Crippen molar-refractivity contribution in [3.63, 3.8) is 0 Å². The summed E-state index contributed by atoms with van der Waals surface area (Å²) in [6.07, 6.45) is 11.0.